The van der Waals surface area contributed by atoms with Crippen LogP contribution < -0.4 is 0 Å². The molecule has 2 heteroatoms. The van der Waals surface area contributed by atoms with Gasteiger partial charge in [0.2, 0.25) is 0 Å². The van der Waals surface area contributed by atoms with E-state index in [1.807, 2.05) is 61.5 Å². The predicted molar refractivity (Wildman–Crippen MR) is 162 cm³/mol. The lowest BCUT2D eigenvalue weighted by Crippen LogP contribution is -1.75. The van der Waals surface area contributed by atoms with Gasteiger partial charge in [0, 0.05) is 10.0 Å². The van der Waals surface area contributed by atoms with Gasteiger partial charge in [-0.1, -0.05) is 145 Å². The zero-order valence-electron chi connectivity index (χ0n) is 23.3. The van der Waals surface area contributed by atoms with Crippen molar-refractivity contribution >= 4 is 23.2 Å². The van der Waals surface area contributed by atoms with Crippen LogP contribution in [0.25, 0.3) is 0 Å². The zero-order chi connectivity index (χ0) is 26.8. The van der Waals surface area contributed by atoms with Crippen molar-refractivity contribution < 1.29 is 0 Å². The van der Waals surface area contributed by atoms with Gasteiger partial charge in [0.25, 0.3) is 0 Å². The minimum absolute atomic E-state index is 0.812. The van der Waals surface area contributed by atoms with Crippen LogP contribution in [-0.4, -0.2) is 0 Å². The van der Waals surface area contributed by atoms with Crippen LogP contribution in [0, 0.1) is 0 Å². The van der Waals surface area contributed by atoms with E-state index in [1.165, 1.54) is 35.1 Å². The maximum absolute atomic E-state index is 5.67. The minimum atomic E-state index is 0.812. The molecule has 0 unspecified atom stereocenters. The van der Waals surface area contributed by atoms with Gasteiger partial charge in [-0.25, -0.2) is 0 Å². The van der Waals surface area contributed by atoms with E-state index in [-0.39, 0.29) is 0 Å². The molecule has 0 heterocycles. The highest BCUT2D eigenvalue weighted by Gasteiger charge is 1.87. The summed E-state index contributed by atoms with van der Waals surface area (Å²) in [7, 11) is 0. The highest BCUT2D eigenvalue weighted by molar-refractivity contribution is 6.30. The molecule has 2 aromatic carbocycles. The van der Waals surface area contributed by atoms with Crippen molar-refractivity contribution in [2.45, 2.75) is 94.4 Å². The minimum Gasteiger partial charge on any atom is -0.0988 e. The molecular formula is C32H50Cl2. The van der Waals surface area contributed by atoms with E-state index in [0.717, 1.165) is 29.3 Å². The van der Waals surface area contributed by atoms with Crippen molar-refractivity contribution in [3.8, 4) is 0 Å². The van der Waals surface area contributed by atoms with Gasteiger partial charge in [-0.05, 0) is 68.5 Å². The fourth-order valence-corrected chi connectivity index (χ4v) is 2.15. The molecule has 0 aliphatic carbocycles. The molecule has 2 aromatic rings. The molecule has 0 aliphatic heterocycles. The Morgan fingerprint density at radius 2 is 0.971 bits per heavy atom. The van der Waals surface area contributed by atoms with Crippen LogP contribution in [0.2, 0.25) is 10.0 Å². The normalized spacial score (nSPS) is 10.1. The summed E-state index contributed by atoms with van der Waals surface area (Å²) in [6, 6.07) is 15.8. The predicted octanol–water partition coefficient (Wildman–Crippen LogP) is 12.1. The second-order valence-corrected chi connectivity index (χ2v) is 8.73. The van der Waals surface area contributed by atoms with E-state index >= 15 is 0 Å². The maximum Gasteiger partial charge on any atom is 0.0406 e. The maximum atomic E-state index is 5.67. The third kappa shape index (κ3) is 26.5. The first-order valence-electron chi connectivity index (χ1n) is 12.6. The second-order valence-electron chi connectivity index (χ2n) is 7.86. The van der Waals surface area contributed by atoms with E-state index in [0.29, 0.717) is 0 Å². The summed E-state index contributed by atoms with van der Waals surface area (Å²) in [5, 5.41) is 1.62. The van der Waals surface area contributed by atoms with Crippen molar-refractivity contribution in [2.75, 3.05) is 0 Å². The third-order valence-electron chi connectivity index (χ3n) is 4.15. The Balaban J connectivity index is -0.000000379. The molecule has 192 valence electrons. The van der Waals surface area contributed by atoms with Crippen LogP contribution in [0.5, 0.6) is 0 Å². The molecule has 0 N–H and O–H groups in total. The lowest BCUT2D eigenvalue weighted by atomic mass is 10.2. The molecule has 0 radical (unpaired) electrons. The van der Waals surface area contributed by atoms with Gasteiger partial charge < -0.3 is 0 Å². The van der Waals surface area contributed by atoms with Gasteiger partial charge in [-0.2, -0.15) is 0 Å². The Morgan fingerprint density at radius 3 is 1.21 bits per heavy atom. The molecule has 0 fully saturated rings. The third-order valence-corrected chi connectivity index (χ3v) is 4.66. The molecule has 0 nitrogen and oxygen atoms in total. The first-order chi connectivity index (χ1) is 16.2. The summed E-state index contributed by atoms with van der Waals surface area (Å²) in [5.74, 6) is 0. The lowest BCUT2D eigenvalue weighted by molar-refractivity contribution is 1.09. The number of hydrogen-bond donors (Lipinski definition) is 0. The largest absolute Gasteiger partial charge is 0.0988 e. The van der Waals surface area contributed by atoms with Gasteiger partial charge in [-0.3, -0.25) is 0 Å². The SMILES string of the molecule is C=C/C(C)=C\C=C(/C)CC.CCC.CCC.CCc1ccc(Cl)cc1.CCc1ccc(Cl)cc1. The first kappa shape index (κ1) is 36.8. The van der Waals surface area contributed by atoms with Gasteiger partial charge in [-0.15, -0.1) is 0 Å². The van der Waals surface area contributed by atoms with Crippen LogP contribution in [0.15, 0.2) is 84.5 Å². The smallest absolute Gasteiger partial charge is 0.0406 e. The Bertz CT molecular complexity index is 703. The molecule has 0 saturated carbocycles. The molecule has 0 spiro atoms. The van der Waals surface area contributed by atoms with Gasteiger partial charge in [0.05, 0.1) is 0 Å². The average molecular weight is 506 g/mol. The number of hydrogen-bond acceptors (Lipinski definition) is 0. The first-order valence-corrected chi connectivity index (χ1v) is 13.4. The van der Waals surface area contributed by atoms with Crippen molar-refractivity contribution in [2.24, 2.45) is 0 Å². The highest BCUT2D eigenvalue weighted by atomic mass is 35.5. The zero-order valence-corrected chi connectivity index (χ0v) is 24.9. The van der Waals surface area contributed by atoms with Gasteiger partial charge >= 0.3 is 0 Å². The van der Waals surface area contributed by atoms with E-state index in [9.17, 15) is 0 Å². The van der Waals surface area contributed by atoms with E-state index < -0.39 is 0 Å². The number of allylic oxidation sites excluding steroid dienone is 5. The number of aryl methyl sites for hydroxylation is 2. The van der Waals surface area contributed by atoms with Crippen LogP contribution in [0.1, 0.15) is 92.7 Å². The summed E-state index contributed by atoms with van der Waals surface area (Å²) >= 11 is 11.3. The van der Waals surface area contributed by atoms with Crippen LogP contribution in [-0.2, 0) is 12.8 Å². The van der Waals surface area contributed by atoms with Crippen LogP contribution in [0.3, 0.4) is 0 Å². The molecule has 0 aromatic heterocycles. The quantitative estimate of drug-likeness (QED) is 0.354. The van der Waals surface area contributed by atoms with Crippen molar-refractivity contribution in [3.63, 3.8) is 0 Å². The van der Waals surface area contributed by atoms with Crippen molar-refractivity contribution in [1.29, 1.82) is 0 Å². The Morgan fingerprint density at radius 1 is 0.647 bits per heavy atom. The van der Waals surface area contributed by atoms with E-state index in [1.54, 1.807) is 0 Å². The summed E-state index contributed by atoms with van der Waals surface area (Å²) in [4.78, 5) is 0. The molecule has 0 bridgehead atoms. The van der Waals surface area contributed by atoms with Crippen LogP contribution in [0.4, 0.5) is 0 Å². The Kier molecular flexibility index (Phi) is 29.7. The fourth-order valence-electron chi connectivity index (χ4n) is 1.90. The van der Waals surface area contributed by atoms with Crippen molar-refractivity contribution in [1.82, 2.24) is 0 Å². The molecular weight excluding hydrogens is 455 g/mol. The monoisotopic (exact) mass is 504 g/mol. The lowest BCUT2D eigenvalue weighted by Gasteiger charge is -1.93. The molecule has 0 amide bonds. The molecule has 0 saturated heterocycles. The summed E-state index contributed by atoms with van der Waals surface area (Å²) < 4.78 is 0. The molecule has 0 aliphatic rings. The standard InChI is InChI=1S/C10H16.2C8H9Cl.2C3H8/c1-5-9(3)7-8-10(4)6-2;2*1-2-7-3-5-8(9)6-4-7;2*1-3-2/h5,7-8H,1,6H2,2-4H3;2*3-6H,2H2,1H3;2*3H2,1-2H3/b9-7-,10-8+;;;;. The number of halogens is 2. The van der Waals surface area contributed by atoms with Crippen LogP contribution >= 0.6 is 23.2 Å². The van der Waals surface area contributed by atoms with E-state index in [4.69, 9.17) is 23.2 Å². The fraction of sp³-hybridized carbons (Fsp3) is 0.438. The summed E-state index contributed by atoms with van der Waals surface area (Å²) in [6.45, 7) is 22.8. The highest BCUT2D eigenvalue weighted by Crippen LogP contribution is 2.10. The molecule has 34 heavy (non-hydrogen) atoms. The van der Waals surface area contributed by atoms with Crippen molar-refractivity contribution in [3.05, 3.63) is 106 Å². The topological polar surface area (TPSA) is 0 Å². The number of rotatable bonds is 5. The second kappa shape index (κ2) is 27.5. The Labute approximate surface area is 222 Å². The summed E-state index contributed by atoms with van der Waals surface area (Å²) in [6.07, 6.45) is 11.9. The average Bonchev–Trinajstić information content (AvgIpc) is 2.85. The molecule has 2 rings (SSSR count). The van der Waals surface area contributed by atoms with E-state index in [2.05, 4.69) is 74.1 Å². The van der Waals surface area contributed by atoms with Gasteiger partial charge in [0.15, 0.2) is 0 Å². The van der Waals surface area contributed by atoms with Gasteiger partial charge in [0.1, 0.15) is 0 Å². The Hall–Kier alpha value is -1.76. The summed E-state index contributed by atoms with van der Waals surface area (Å²) in [5.41, 5.74) is 5.28. The molecule has 0 atom stereocenters. The number of benzene rings is 2.